The monoisotopic (exact) mass is 667 g/mol. The van der Waals surface area contributed by atoms with Crippen molar-refractivity contribution in [2.75, 3.05) is 31.6 Å². The molecule has 0 heterocycles. The van der Waals surface area contributed by atoms with Crippen molar-refractivity contribution in [2.24, 2.45) is 0 Å². The zero-order valence-electron chi connectivity index (χ0n) is 25.2. The van der Waals surface area contributed by atoms with Gasteiger partial charge in [0.15, 0.2) is 23.1 Å². The highest BCUT2D eigenvalue weighted by atomic mass is 32.2. The number of rotatable bonds is 16. The predicted molar refractivity (Wildman–Crippen MR) is 160 cm³/mol. The van der Waals surface area contributed by atoms with Gasteiger partial charge in [0, 0.05) is 6.42 Å². The van der Waals surface area contributed by atoms with Gasteiger partial charge < -0.3 is 15.1 Å². The smallest absolute Gasteiger partial charge is 0.453 e. The summed E-state index contributed by atoms with van der Waals surface area (Å²) in [7, 11) is -1.93. The molecule has 0 fully saturated rings. The minimum Gasteiger partial charge on any atom is -0.505 e. The van der Waals surface area contributed by atoms with Gasteiger partial charge in [-0.25, -0.2) is 17.2 Å². The highest BCUT2D eigenvalue weighted by Crippen LogP contribution is 2.42. The normalized spacial score (nSPS) is 14.6. The molecular weight excluding hydrogens is 627 g/mol. The summed E-state index contributed by atoms with van der Waals surface area (Å²) in [5, 5.41) is 19.9. The summed E-state index contributed by atoms with van der Waals surface area (Å²) in [6.07, 6.45) is -2.27. The van der Waals surface area contributed by atoms with Crippen molar-refractivity contribution in [2.45, 2.75) is 82.7 Å². The summed E-state index contributed by atoms with van der Waals surface area (Å²) < 4.78 is 116. The standard InChI is InChI=1S/C32H40F7NO4S/c1-40(18-8-20-45(43,44)19-7-16-31(35,36)32(37,38)39)17-5-3-2-4-9-24-23(22-12-14-27(33)29(42)21-22)10-6-11-26-25(24)13-15-28(41)30(26)34/h12-15,21,41-42H,2-11,16-20H2,1H3. The minimum absolute atomic E-state index is 0.232. The molecule has 5 nitrogen and oxygen atoms in total. The highest BCUT2D eigenvalue weighted by Gasteiger charge is 2.56. The Labute approximate surface area is 259 Å². The molecule has 0 bridgehead atoms. The first-order chi connectivity index (χ1) is 21.0. The maximum Gasteiger partial charge on any atom is 0.453 e. The van der Waals surface area contributed by atoms with Gasteiger partial charge in [-0.15, -0.1) is 0 Å². The van der Waals surface area contributed by atoms with E-state index >= 15 is 0 Å². The Morgan fingerprint density at radius 2 is 1.49 bits per heavy atom. The molecule has 0 unspecified atom stereocenters. The molecule has 0 aliphatic heterocycles. The molecule has 252 valence electrons. The van der Waals surface area contributed by atoms with Crippen LogP contribution in [0.2, 0.25) is 0 Å². The molecule has 45 heavy (non-hydrogen) atoms. The van der Waals surface area contributed by atoms with Gasteiger partial charge in [-0.2, -0.15) is 22.0 Å². The zero-order chi connectivity index (χ0) is 33.4. The van der Waals surface area contributed by atoms with Crippen molar-refractivity contribution in [3.8, 4) is 11.5 Å². The molecule has 13 heteroatoms. The van der Waals surface area contributed by atoms with Crippen LogP contribution in [0.3, 0.4) is 0 Å². The van der Waals surface area contributed by atoms with Crippen molar-refractivity contribution >= 4 is 21.0 Å². The van der Waals surface area contributed by atoms with Crippen LogP contribution in [0.1, 0.15) is 80.9 Å². The third kappa shape index (κ3) is 10.4. The predicted octanol–water partition coefficient (Wildman–Crippen LogP) is 8.29. The van der Waals surface area contributed by atoms with Crippen LogP contribution in [0.15, 0.2) is 30.3 Å². The number of aromatic hydroxyl groups is 2. The van der Waals surface area contributed by atoms with Crippen LogP contribution in [0.5, 0.6) is 11.5 Å². The maximum atomic E-state index is 14.9. The molecule has 2 N–H and O–H groups in total. The van der Waals surface area contributed by atoms with E-state index in [0.717, 1.165) is 36.8 Å². The molecular formula is C32H40F7NO4S. The summed E-state index contributed by atoms with van der Waals surface area (Å²) in [6.45, 7) is 1.10. The molecule has 0 saturated heterocycles. The van der Waals surface area contributed by atoms with Gasteiger partial charge in [0.05, 0.1) is 11.5 Å². The third-order valence-electron chi connectivity index (χ3n) is 8.13. The molecule has 0 atom stereocenters. The molecule has 2 aromatic carbocycles. The zero-order valence-corrected chi connectivity index (χ0v) is 26.0. The quantitative estimate of drug-likeness (QED) is 0.139. The number of hydrogen-bond donors (Lipinski definition) is 2. The lowest BCUT2D eigenvalue weighted by Crippen LogP contribution is -2.36. The van der Waals surface area contributed by atoms with E-state index in [2.05, 4.69) is 0 Å². The van der Waals surface area contributed by atoms with Gasteiger partial charge in [0.1, 0.15) is 9.84 Å². The second kappa shape index (κ2) is 15.7. The maximum absolute atomic E-state index is 14.9. The molecule has 2 aromatic rings. The van der Waals surface area contributed by atoms with E-state index < -0.39 is 63.7 Å². The number of halogens is 7. The second-order valence-electron chi connectivity index (χ2n) is 11.7. The number of benzene rings is 2. The van der Waals surface area contributed by atoms with Crippen LogP contribution in [-0.4, -0.2) is 67.3 Å². The fraction of sp³-hybridized carbons (Fsp3) is 0.562. The molecule has 3 rings (SSSR count). The Bertz CT molecular complexity index is 1440. The largest absolute Gasteiger partial charge is 0.505 e. The highest BCUT2D eigenvalue weighted by molar-refractivity contribution is 7.91. The molecule has 0 radical (unpaired) electrons. The summed E-state index contributed by atoms with van der Waals surface area (Å²) in [6, 6.07) is 7.20. The molecule has 0 aromatic heterocycles. The number of sulfone groups is 1. The van der Waals surface area contributed by atoms with Crippen molar-refractivity contribution in [3.05, 3.63) is 58.7 Å². The van der Waals surface area contributed by atoms with Crippen molar-refractivity contribution < 1.29 is 49.4 Å². The molecule has 0 amide bonds. The molecule has 0 saturated carbocycles. The summed E-state index contributed by atoms with van der Waals surface area (Å²) in [5.41, 5.74) is 3.60. The molecule has 1 aliphatic rings. The van der Waals surface area contributed by atoms with Gasteiger partial charge in [-0.3, -0.25) is 0 Å². The fourth-order valence-electron chi connectivity index (χ4n) is 5.66. The van der Waals surface area contributed by atoms with E-state index in [1.165, 1.54) is 18.2 Å². The lowest BCUT2D eigenvalue weighted by atomic mass is 9.88. The Morgan fingerprint density at radius 1 is 0.822 bits per heavy atom. The fourth-order valence-corrected chi connectivity index (χ4v) is 7.01. The third-order valence-corrected chi connectivity index (χ3v) is 9.95. The lowest BCUT2D eigenvalue weighted by molar-refractivity contribution is -0.284. The lowest BCUT2D eigenvalue weighted by Gasteiger charge is -2.19. The summed E-state index contributed by atoms with van der Waals surface area (Å²) in [4.78, 5) is 1.94. The Morgan fingerprint density at radius 3 is 2.18 bits per heavy atom. The number of alkyl halides is 5. The van der Waals surface area contributed by atoms with Gasteiger partial charge in [0.25, 0.3) is 0 Å². The van der Waals surface area contributed by atoms with Crippen molar-refractivity contribution in [3.63, 3.8) is 0 Å². The van der Waals surface area contributed by atoms with E-state index in [1.54, 1.807) is 12.1 Å². The van der Waals surface area contributed by atoms with E-state index in [0.29, 0.717) is 55.5 Å². The van der Waals surface area contributed by atoms with E-state index in [9.17, 15) is 49.4 Å². The van der Waals surface area contributed by atoms with Gasteiger partial charge in [-0.05, 0) is 118 Å². The summed E-state index contributed by atoms with van der Waals surface area (Å²) in [5.74, 6) is -8.18. The Hall–Kier alpha value is -2.80. The number of hydrogen-bond acceptors (Lipinski definition) is 5. The van der Waals surface area contributed by atoms with Crippen molar-refractivity contribution in [1.82, 2.24) is 4.90 Å². The second-order valence-corrected chi connectivity index (χ2v) is 14.0. The first kappa shape index (κ1) is 36.7. The SMILES string of the molecule is CN(CCCCCCC1=C(c2ccc(F)c(O)c2)CCCc2c1ccc(O)c2F)CCCS(=O)(=O)CCCC(F)(F)C(F)(F)F. The number of allylic oxidation sites excluding steroid dienone is 2. The van der Waals surface area contributed by atoms with Gasteiger partial charge in [0.2, 0.25) is 0 Å². The number of phenolic OH excluding ortho intramolecular Hbond substituents is 2. The first-order valence-electron chi connectivity index (χ1n) is 15.1. The van der Waals surface area contributed by atoms with Crippen molar-refractivity contribution in [1.29, 1.82) is 0 Å². The van der Waals surface area contributed by atoms with Crippen LogP contribution < -0.4 is 0 Å². The Balaban J connectivity index is 1.48. The van der Waals surface area contributed by atoms with E-state index in [4.69, 9.17) is 0 Å². The van der Waals surface area contributed by atoms with Crippen LogP contribution >= 0.6 is 0 Å². The number of unbranched alkanes of at least 4 members (excludes halogenated alkanes) is 3. The van der Waals surface area contributed by atoms with Crippen LogP contribution in [0.25, 0.3) is 11.1 Å². The minimum atomic E-state index is -5.69. The van der Waals surface area contributed by atoms with Crippen LogP contribution in [-0.2, 0) is 16.3 Å². The van der Waals surface area contributed by atoms with Gasteiger partial charge in [-0.1, -0.05) is 25.0 Å². The average Bonchev–Trinajstić information content (AvgIpc) is 3.13. The number of nitrogens with zero attached hydrogens (tertiary/aromatic N) is 1. The first-order valence-corrected chi connectivity index (χ1v) is 16.9. The van der Waals surface area contributed by atoms with Crippen LogP contribution in [0.4, 0.5) is 30.7 Å². The summed E-state index contributed by atoms with van der Waals surface area (Å²) >= 11 is 0. The topological polar surface area (TPSA) is 77.8 Å². The molecule has 1 aliphatic carbocycles. The number of fused-ring (bicyclic) bond motifs is 1. The number of phenols is 2. The Kier molecular flexibility index (Phi) is 12.8. The molecule has 0 spiro atoms. The van der Waals surface area contributed by atoms with Crippen LogP contribution in [0, 0.1) is 11.6 Å². The van der Waals surface area contributed by atoms with E-state index in [-0.39, 0.29) is 12.2 Å². The van der Waals surface area contributed by atoms with Gasteiger partial charge >= 0.3 is 12.1 Å². The van der Waals surface area contributed by atoms with E-state index in [1.807, 2.05) is 11.9 Å². The average molecular weight is 668 g/mol.